The second-order valence-corrected chi connectivity index (χ2v) is 5.71. The van der Waals surface area contributed by atoms with Gasteiger partial charge in [-0.25, -0.2) is 4.79 Å². The minimum absolute atomic E-state index is 0.0622. The second-order valence-electron chi connectivity index (χ2n) is 5.71. The molecule has 0 atom stereocenters. The number of rotatable bonds is 5. The van der Waals surface area contributed by atoms with Crippen LogP contribution in [-0.4, -0.2) is 13.1 Å². The third kappa shape index (κ3) is 5.28. The molecule has 2 aromatic rings. The summed E-state index contributed by atoms with van der Waals surface area (Å²) in [6.07, 6.45) is -9.67. The van der Waals surface area contributed by atoms with E-state index < -0.39 is 29.4 Å². The van der Waals surface area contributed by atoms with Gasteiger partial charge >= 0.3 is 18.3 Å². The Hall–Kier alpha value is -2.97. The Morgan fingerprint density at radius 2 is 1.50 bits per heavy atom. The zero-order chi connectivity index (χ0) is 21.1. The molecule has 2 aromatic carbocycles. The van der Waals surface area contributed by atoms with Crippen LogP contribution >= 0.6 is 0 Å². The number of esters is 1. The molecule has 0 saturated heterocycles. The lowest BCUT2D eigenvalue weighted by Crippen LogP contribution is -2.12. The molecule has 0 aliphatic rings. The summed E-state index contributed by atoms with van der Waals surface area (Å²) in [6.45, 7) is 3.40. The van der Waals surface area contributed by atoms with E-state index in [4.69, 9.17) is 4.74 Å². The fourth-order valence-corrected chi connectivity index (χ4v) is 2.33. The zero-order valence-electron chi connectivity index (χ0n) is 14.4. The first kappa shape index (κ1) is 21.3. The van der Waals surface area contributed by atoms with Crippen molar-refractivity contribution in [1.29, 1.82) is 0 Å². The lowest BCUT2D eigenvalue weighted by Gasteiger charge is -2.15. The summed E-state index contributed by atoms with van der Waals surface area (Å²) >= 11 is 0. The van der Waals surface area contributed by atoms with Gasteiger partial charge in [0, 0.05) is 12.0 Å². The van der Waals surface area contributed by atoms with Crippen molar-refractivity contribution in [2.24, 2.45) is 0 Å². The molecule has 0 N–H and O–H groups in total. The van der Waals surface area contributed by atoms with Crippen LogP contribution in [0.5, 0.6) is 11.5 Å². The first-order valence-corrected chi connectivity index (χ1v) is 7.73. The van der Waals surface area contributed by atoms with Crippen molar-refractivity contribution >= 4 is 5.97 Å². The average molecular weight is 404 g/mol. The maximum Gasteiger partial charge on any atom is 0.416 e. The van der Waals surface area contributed by atoms with Crippen LogP contribution in [0.15, 0.2) is 54.6 Å². The summed E-state index contributed by atoms with van der Waals surface area (Å²) in [7, 11) is 1.08. The molecular weight excluding hydrogens is 390 g/mol. The Morgan fingerprint density at radius 3 is 2.00 bits per heavy atom. The van der Waals surface area contributed by atoms with E-state index in [2.05, 4.69) is 11.3 Å². The number of ether oxygens (including phenoxy) is 2. The molecule has 3 nitrogen and oxygen atoms in total. The normalized spacial score (nSPS) is 11.8. The van der Waals surface area contributed by atoms with Gasteiger partial charge in [0.05, 0.1) is 18.2 Å². The summed E-state index contributed by atoms with van der Waals surface area (Å²) in [5, 5.41) is 0. The van der Waals surface area contributed by atoms with Crippen LogP contribution in [0.2, 0.25) is 0 Å². The summed E-state index contributed by atoms with van der Waals surface area (Å²) in [5.74, 6) is -1.12. The monoisotopic (exact) mass is 404 g/mol. The van der Waals surface area contributed by atoms with Crippen LogP contribution < -0.4 is 4.74 Å². The van der Waals surface area contributed by atoms with Gasteiger partial charge in [-0.15, -0.1) is 0 Å². The van der Waals surface area contributed by atoms with Crippen molar-refractivity contribution < 1.29 is 40.6 Å². The molecule has 0 aliphatic heterocycles. The molecule has 0 heterocycles. The molecule has 9 heteroatoms. The fraction of sp³-hybridized carbons (Fsp3) is 0.211. The van der Waals surface area contributed by atoms with E-state index in [9.17, 15) is 31.1 Å². The van der Waals surface area contributed by atoms with E-state index in [1.54, 1.807) is 0 Å². The van der Waals surface area contributed by atoms with Gasteiger partial charge in [0.25, 0.3) is 0 Å². The lowest BCUT2D eigenvalue weighted by atomic mass is 10.00. The summed E-state index contributed by atoms with van der Waals surface area (Å²) in [4.78, 5) is 11.4. The van der Waals surface area contributed by atoms with Crippen LogP contribution in [0.25, 0.3) is 0 Å². The van der Waals surface area contributed by atoms with Gasteiger partial charge in [0.2, 0.25) is 0 Å². The molecule has 0 unspecified atom stereocenters. The van der Waals surface area contributed by atoms with Crippen LogP contribution in [-0.2, 0) is 28.3 Å². The number of carbonyl (C=O) groups excluding carboxylic acids is 1. The van der Waals surface area contributed by atoms with Crippen molar-refractivity contribution in [2.45, 2.75) is 18.8 Å². The number of methoxy groups -OCH3 is 1. The first-order valence-electron chi connectivity index (χ1n) is 7.73. The van der Waals surface area contributed by atoms with Gasteiger partial charge in [-0.3, -0.25) is 0 Å². The van der Waals surface area contributed by atoms with E-state index in [0.29, 0.717) is 6.07 Å². The Kier molecular flexibility index (Phi) is 6.06. The van der Waals surface area contributed by atoms with Crippen molar-refractivity contribution in [1.82, 2.24) is 0 Å². The Balaban J connectivity index is 2.29. The second kappa shape index (κ2) is 7.95. The van der Waals surface area contributed by atoms with Gasteiger partial charge < -0.3 is 9.47 Å². The van der Waals surface area contributed by atoms with E-state index in [0.717, 1.165) is 37.4 Å². The van der Waals surface area contributed by atoms with E-state index in [-0.39, 0.29) is 29.1 Å². The number of hydrogen-bond acceptors (Lipinski definition) is 3. The molecule has 0 bridgehead atoms. The third-order valence-corrected chi connectivity index (χ3v) is 3.68. The predicted molar refractivity (Wildman–Crippen MR) is 87.8 cm³/mol. The Labute approximate surface area is 156 Å². The highest BCUT2D eigenvalue weighted by molar-refractivity contribution is 5.88. The maximum atomic E-state index is 13.4. The molecule has 0 amide bonds. The van der Waals surface area contributed by atoms with E-state index >= 15 is 0 Å². The third-order valence-electron chi connectivity index (χ3n) is 3.68. The highest BCUT2D eigenvalue weighted by Gasteiger charge is 2.34. The minimum Gasteiger partial charge on any atom is -0.466 e. The highest BCUT2D eigenvalue weighted by atomic mass is 19.4. The SMILES string of the molecule is C=C(Cc1ccc(Oc2ccc(C(F)(F)F)cc2)cc1C(F)(F)F)C(=O)OC. The van der Waals surface area contributed by atoms with Gasteiger partial charge in [-0.05, 0) is 42.0 Å². The number of carbonyl (C=O) groups is 1. The highest BCUT2D eigenvalue weighted by Crippen LogP contribution is 2.37. The molecule has 0 saturated carbocycles. The number of benzene rings is 2. The van der Waals surface area contributed by atoms with Gasteiger partial charge in [0.1, 0.15) is 11.5 Å². The molecule has 150 valence electrons. The van der Waals surface area contributed by atoms with Crippen molar-refractivity contribution in [3.63, 3.8) is 0 Å². The van der Waals surface area contributed by atoms with Crippen molar-refractivity contribution in [3.8, 4) is 11.5 Å². The number of halogens is 6. The predicted octanol–water partition coefficient (Wildman–Crippen LogP) is 5.79. The summed E-state index contributed by atoms with van der Waals surface area (Å²) < 4.78 is 87.4. The van der Waals surface area contributed by atoms with E-state index in [1.807, 2.05) is 0 Å². The van der Waals surface area contributed by atoms with Crippen LogP contribution in [0, 0.1) is 0 Å². The number of hydrogen-bond donors (Lipinski definition) is 0. The summed E-state index contributed by atoms with van der Waals surface area (Å²) in [5.41, 5.74) is -2.35. The molecular formula is C19H14F6O3. The first-order chi connectivity index (χ1) is 12.9. The molecule has 0 fully saturated rings. The van der Waals surface area contributed by atoms with Crippen molar-refractivity contribution in [3.05, 3.63) is 71.3 Å². The molecule has 0 radical (unpaired) electrons. The molecule has 2 rings (SSSR count). The molecule has 0 aliphatic carbocycles. The summed E-state index contributed by atoms with van der Waals surface area (Å²) in [6, 6.07) is 6.55. The van der Waals surface area contributed by atoms with Crippen LogP contribution in [0.3, 0.4) is 0 Å². The van der Waals surface area contributed by atoms with Crippen LogP contribution in [0.4, 0.5) is 26.3 Å². The minimum atomic E-state index is -4.74. The van der Waals surface area contributed by atoms with Gasteiger partial charge in [-0.1, -0.05) is 12.6 Å². The fourth-order valence-electron chi connectivity index (χ4n) is 2.33. The lowest BCUT2D eigenvalue weighted by molar-refractivity contribution is -0.139. The molecule has 28 heavy (non-hydrogen) atoms. The number of alkyl halides is 6. The smallest absolute Gasteiger partial charge is 0.416 e. The largest absolute Gasteiger partial charge is 0.466 e. The van der Waals surface area contributed by atoms with Crippen molar-refractivity contribution in [2.75, 3.05) is 7.11 Å². The van der Waals surface area contributed by atoms with Gasteiger partial charge in [-0.2, -0.15) is 26.3 Å². The zero-order valence-corrected chi connectivity index (χ0v) is 14.4. The Bertz CT molecular complexity index is 867. The van der Waals surface area contributed by atoms with E-state index in [1.165, 1.54) is 6.07 Å². The molecule has 0 spiro atoms. The topological polar surface area (TPSA) is 35.5 Å². The van der Waals surface area contributed by atoms with Crippen LogP contribution in [0.1, 0.15) is 16.7 Å². The maximum absolute atomic E-state index is 13.4. The Morgan fingerprint density at radius 1 is 0.929 bits per heavy atom. The average Bonchev–Trinajstić information content (AvgIpc) is 2.61. The van der Waals surface area contributed by atoms with Gasteiger partial charge in [0.15, 0.2) is 0 Å². The standard InChI is InChI=1S/C19H14F6O3/c1-11(17(26)27-2)9-12-3-6-15(10-16(12)19(23,24)25)28-14-7-4-13(5-8-14)18(20,21)22/h3-8,10H,1,9H2,2H3. The quantitative estimate of drug-likeness (QED) is 0.360. The molecule has 0 aromatic heterocycles.